The molecule has 2 N–H and O–H groups in total. The van der Waals surface area contributed by atoms with Crippen LogP contribution in [0.5, 0.6) is 0 Å². The standard InChI is InChI=1S/C15H16N4O8S/c1-8(10-2-3-13(28-10)19(23)24)25-15(22)17-11-4-5-18(14(21)16-11)12-6-9(7-20)26-27-12/h2-5,8-9,12,20H,6-7H2,1H3,(H,16,17,21,22). The van der Waals surface area contributed by atoms with Crippen LogP contribution in [0, 0.1) is 10.1 Å². The van der Waals surface area contributed by atoms with Crippen LogP contribution in [0.1, 0.15) is 30.6 Å². The Kier molecular flexibility index (Phi) is 5.99. The Morgan fingerprint density at radius 1 is 1.54 bits per heavy atom. The number of nitrogens with zero attached hydrogens (tertiary/aromatic N) is 3. The van der Waals surface area contributed by atoms with Crippen LogP contribution < -0.4 is 11.0 Å². The van der Waals surface area contributed by atoms with E-state index in [9.17, 15) is 19.7 Å². The van der Waals surface area contributed by atoms with E-state index in [1.807, 2.05) is 0 Å². The third kappa shape index (κ3) is 4.51. The Balaban J connectivity index is 1.60. The van der Waals surface area contributed by atoms with Crippen molar-refractivity contribution in [1.29, 1.82) is 0 Å². The third-order valence-corrected chi connectivity index (χ3v) is 5.02. The molecule has 3 heterocycles. The normalized spacial score (nSPS) is 19.9. The fraction of sp³-hybridized carbons (Fsp3) is 0.400. The van der Waals surface area contributed by atoms with Crippen LogP contribution in [-0.2, 0) is 14.5 Å². The Hall–Kier alpha value is -2.87. The number of rotatable bonds is 6. The van der Waals surface area contributed by atoms with Crippen LogP contribution in [0.4, 0.5) is 15.6 Å². The molecule has 0 aromatic carbocycles. The summed E-state index contributed by atoms with van der Waals surface area (Å²) in [6, 6.07) is 4.21. The summed E-state index contributed by atoms with van der Waals surface area (Å²) in [7, 11) is 0. The van der Waals surface area contributed by atoms with E-state index in [2.05, 4.69) is 10.3 Å². The average Bonchev–Trinajstić information content (AvgIpc) is 3.31. The van der Waals surface area contributed by atoms with Gasteiger partial charge in [0, 0.05) is 18.7 Å². The van der Waals surface area contributed by atoms with Crippen molar-refractivity contribution in [2.45, 2.75) is 31.8 Å². The zero-order valence-corrected chi connectivity index (χ0v) is 15.3. The molecule has 0 saturated carbocycles. The van der Waals surface area contributed by atoms with Crippen LogP contribution >= 0.6 is 11.3 Å². The second-order valence-corrected chi connectivity index (χ2v) is 6.89. The molecule has 13 heteroatoms. The third-order valence-electron chi connectivity index (χ3n) is 3.82. The minimum absolute atomic E-state index is 0.0340. The number of hydrogen-bond donors (Lipinski definition) is 2. The van der Waals surface area contributed by atoms with Gasteiger partial charge in [-0.1, -0.05) is 11.3 Å². The number of amides is 1. The number of aromatic nitrogens is 2. The Morgan fingerprint density at radius 2 is 2.32 bits per heavy atom. The summed E-state index contributed by atoms with van der Waals surface area (Å²) in [6.45, 7) is 1.32. The van der Waals surface area contributed by atoms with E-state index < -0.39 is 35.1 Å². The predicted octanol–water partition coefficient (Wildman–Crippen LogP) is 1.73. The number of nitrogens with one attached hydrogen (secondary N) is 1. The highest BCUT2D eigenvalue weighted by Crippen LogP contribution is 2.30. The highest BCUT2D eigenvalue weighted by atomic mass is 32.1. The first-order valence-corrected chi connectivity index (χ1v) is 8.93. The molecule has 0 aliphatic carbocycles. The summed E-state index contributed by atoms with van der Waals surface area (Å²) < 4.78 is 6.31. The Labute approximate surface area is 161 Å². The lowest BCUT2D eigenvalue weighted by Crippen LogP contribution is -2.28. The van der Waals surface area contributed by atoms with Crippen molar-refractivity contribution in [3.05, 3.63) is 49.9 Å². The Bertz CT molecular complexity index is 929. The van der Waals surface area contributed by atoms with Gasteiger partial charge in [0.2, 0.25) is 0 Å². The second kappa shape index (κ2) is 8.43. The monoisotopic (exact) mass is 412 g/mol. The lowest BCUT2D eigenvalue weighted by atomic mass is 10.2. The van der Waals surface area contributed by atoms with E-state index in [4.69, 9.17) is 19.6 Å². The molecule has 12 nitrogen and oxygen atoms in total. The SMILES string of the molecule is CC(OC(=O)Nc1ccn(C2CC(CO)OO2)c(=O)n1)c1ccc([N+](=O)[O-])s1. The first-order chi connectivity index (χ1) is 13.4. The van der Waals surface area contributed by atoms with E-state index in [-0.39, 0.29) is 23.8 Å². The van der Waals surface area contributed by atoms with Gasteiger partial charge >= 0.3 is 16.8 Å². The predicted molar refractivity (Wildman–Crippen MR) is 94.7 cm³/mol. The molecular weight excluding hydrogens is 396 g/mol. The summed E-state index contributed by atoms with van der Waals surface area (Å²) in [4.78, 5) is 48.3. The first-order valence-electron chi connectivity index (χ1n) is 8.11. The number of hydrogen-bond acceptors (Lipinski definition) is 10. The maximum absolute atomic E-state index is 12.1. The number of carbonyl (C=O) groups is 1. The quantitative estimate of drug-likeness (QED) is 0.410. The molecule has 2 aromatic heterocycles. The zero-order chi connectivity index (χ0) is 20.3. The van der Waals surface area contributed by atoms with Crippen LogP contribution in [0.3, 0.4) is 0 Å². The zero-order valence-electron chi connectivity index (χ0n) is 14.5. The molecule has 1 aliphatic rings. The topological polar surface area (TPSA) is 155 Å². The van der Waals surface area contributed by atoms with Gasteiger partial charge in [0.25, 0.3) is 0 Å². The smallest absolute Gasteiger partial charge is 0.413 e. The summed E-state index contributed by atoms with van der Waals surface area (Å²) in [6.07, 6.45) is -1.21. The van der Waals surface area contributed by atoms with E-state index in [0.29, 0.717) is 4.88 Å². The largest absolute Gasteiger partial charge is 0.441 e. The van der Waals surface area contributed by atoms with Gasteiger partial charge in [-0.05, 0) is 19.1 Å². The van der Waals surface area contributed by atoms with Crippen molar-refractivity contribution >= 4 is 28.2 Å². The second-order valence-electron chi connectivity index (χ2n) is 5.80. The van der Waals surface area contributed by atoms with Crippen LogP contribution in [-0.4, -0.2) is 38.4 Å². The van der Waals surface area contributed by atoms with Crippen molar-refractivity contribution in [3.8, 4) is 0 Å². The van der Waals surface area contributed by atoms with Crippen molar-refractivity contribution in [3.63, 3.8) is 0 Å². The van der Waals surface area contributed by atoms with E-state index in [0.717, 1.165) is 11.3 Å². The van der Waals surface area contributed by atoms with E-state index in [1.165, 1.54) is 29.0 Å². The van der Waals surface area contributed by atoms with Gasteiger partial charge in [-0.15, -0.1) is 0 Å². The molecule has 3 atom stereocenters. The summed E-state index contributed by atoms with van der Waals surface area (Å²) in [5, 5.41) is 22.0. The van der Waals surface area contributed by atoms with Gasteiger partial charge in [0.05, 0.1) is 16.4 Å². The average molecular weight is 412 g/mol. The van der Waals surface area contributed by atoms with Crippen molar-refractivity contribution < 1.29 is 29.3 Å². The summed E-state index contributed by atoms with van der Waals surface area (Å²) in [5.74, 6) is -0.0340. The molecule has 150 valence electrons. The number of carbonyl (C=O) groups excluding carboxylic acids is 1. The number of anilines is 1. The molecule has 0 bridgehead atoms. The maximum Gasteiger partial charge on any atom is 0.413 e. The van der Waals surface area contributed by atoms with Gasteiger partial charge in [0.15, 0.2) is 6.23 Å². The number of aliphatic hydroxyl groups is 1. The fourth-order valence-corrected chi connectivity index (χ4v) is 3.23. The molecule has 0 radical (unpaired) electrons. The first kappa shape index (κ1) is 19.9. The maximum atomic E-state index is 12.1. The highest BCUT2D eigenvalue weighted by molar-refractivity contribution is 7.15. The summed E-state index contributed by atoms with van der Waals surface area (Å²) in [5.41, 5.74) is -0.688. The molecule has 1 aliphatic heterocycles. The molecule has 0 spiro atoms. The van der Waals surface area contributed by atoms with Crippen molar-refractivity contribution in [2.24, 2.45) is 0 Å². The molecule has 1 amide bonds. The van der Waals surface area contributed by atoms with Crippen LogP contribution in [0.25, 0.3) is 0 Å². The number of ether oxygens (including phenoxy) is 1. The molecule has 1 fully saturated rings. The van der Waals surface area contributed by atoms with Crippen LogP contribution in [0.2, 0.25) is 0 Å². The van der Waals surface area contributed by atoms with E-state index >= 15 is 0 Å². The fourth-order valence-electron chi connectivity index (χ4n) is 2.42. The molecule has 3 rings (SSSR count). The van der Waals surface area contributed by atoms with Gasteiger partial charge in [-0.25, -0.2) is 19.4 Å². The molecule has 1 saturated heterocycles. The van der Waals surface area contributed by atoms with Gasteiger partial charge in [-0.3, -0.25) is 20.0 Å². The van der Waals surface area contributed by atoms with Crippen molar-refractivity contribution in [1.82, 2.24) is 9.55 Å². The minimum Gasteiger partial charge on any atom is -0.441 e. The Morgan fingerprint density at radius 3 is 2.93 bits per heavy atom. The van der Waals surface area contributed by atoms with Crippen molar-refractivity contribution in [2.75, 3.05) is 11.9 Å². The molecular formula is C15H16N4O8S. The summed E-state index contributed by atoms with van der Waals surface area (Å²) >= 11 is 0.901. The lowest BCUT2D eigenvalue weighted by Gasteiger charge is -2.13. The van der Waals surface area contributed by atoms with Crippen LogP contribution in [0.15, 0.2) is 29.2 Å². The number of nitro groups is 1. The van der Waals surface area contributed by atoms with Gasteiger partial charge in [0.1, 0.15) is 18.0 Å². The van der Waals surface area contributed by atoms with Gasteiger partial charge in [-0.2, -0.15) is 4.98 Å². The minimum atomic E-state index is -0.867. The van der Waals surface area contributed by atoms with E-state index in [1.54, 1.807) is 6.92 Å². The van der Waals surface area contributed by atoms with Gasteiger partial charge < -0.3 is 9.84 Å². The molecule has 2 aromatic rings. The number of thiophene rings is 1. The molecule has 28 heavy (non-hydrogen) atoms. The molecule has 3 unspecified atom stereocenters. The lowest BCUT2D eigenvalue weighted by molar-refractivity contribution is -0.380. The number of aliphatic hydroxyl groups excluding tert-OH is 1. The highest BCUT2D eigenvalue weighted by Gasteiger charge is 2.29.